The zero-order valence-corrected chi connectivity index (χ0v) is 10.4. The molecule has 0 spiro atoms. The van der Waals surface area contributed by atoms with Crippen molar-refractivity contribution in [3.8, 4) is 0 Å². The smallest absolute Gasteiger partial charge is 0.186 e. The first kappa shape index (κ1) is 13.4. The normalized spacial score (nSPS) is 11.2. The minimum atomic E-state index is -1.83. The zero-order valence-electron chi connectivity index (χ0n) is 9.54. The van der Waals surface area contributed by atoms with Gasteiger partial charge >= 0.3 is 0 Å². The summed E-state index contributed by atoms with van der Waals surface area (Å²) in [5.74, 6) is 0. The summed E-state index contributed by atoms with van der Waals surface area (Å²) < 4.78 is 18.8. The molecule has 90 valence electrons. The van der Waals surface area contributed by atoms with Crippen molar-refractivity contribution in [1.82, 2.24) is 0 Å². The van der Waals surface area contributed by atoms with Gasteiger partial charge in [0.15, 0.2) is 11.1 Å². The molecule has 2 aromatic rings. The van der Waals surface area contributed by atoms with Crippen LogP contribution in [0.5, 0.6) is 0 Å². The lowest BCUT2D eigenvalue weighted by Gasteiger charge is -1.90. The third-order valence-corrected chi connectivity index (χ3v) is 2.70. The van der Waals surface area contributed by atoms with Crippen molar-refractivity contribution in [1.29, 1.82) is 0 Å². The predicted molar refractivity (Wildman–Crippen MR) is 71.1 cm³/mol. The molecule has 3 N–H and O–H groups in total. The van der Waals surface area contributed by atoms with Gasteiger partial charge in [0.1, 0.15) is 0 Å². The highest BCUT2D eigenvalue weighted by Crippen LogP contribution is 2.02. The summed E-state index contributed by atoms with van der Waals surface area (Å²) in [6.07, 6.45) is 0. The molecular formula is C13H15NO2S. The first-order valence-corrected chi connectivity index (χ1v) is 6.18. The highest BCUT2D eigenvalue weighted by atomic mass is 32.2. The van der Waals surface area contributed by atoms with Crippen LogP contribution in [0.1, 0.15) is 5.56 Å². The van der Waals surface area contributed by atoms with Crippen LogP contribution in [0, 0.1) is 6.92 Å². The number of nitrogens with two attached hydrogens (primary N) is 1. The molecule has 0 aliphatic heterocycles. The fourth-order valence-electron chi connectivity index (χ4n) is 1.10. The molecule has 1 atom stereocenters. The largest absolute Gasteiger partial charge is 0.399 e. The molecule has 2 rings (SSSR count). The summed E-state index contributed by atoms with van der Waals surface area (Å²) in [4.78, 5) is 0.442. The van der Waals surface area contributed by atoms with Crippen molar-refractivity contribution >= 4 is 16.8 Å². The summed E-state index contributed by atoms with van der Waals surface area (Å²) in [5.41, 5.74) is 7.51. The molecular weight excluding hydrogens is 234 g/mol. The Labute approximate surface area is 104 Å². The van der Waals surface area contributed by atoms with Gasteiger partial charge in [0.2, 0.25) is 0 Å². The third kappa shape index (κ3) is 5.29. The van der Waals surface area contributed by atoms with Crippen LogP contribution in [-0.4, -0.2) is 8.76 Å². The standard InChI is InChI=1S/C7H9N.C6H6O2S/c1-6-2-4-7(8)5-3-6;7-9(8)6-4-2-1-3-5-6/h2-5H,8H2,1H3;1-5H,(H,7,8). The number of hydrogen-bond acceptors (Lipinski definition) is 2. The van der Waals surface area contributed by atoms with Crippen LogP contribution in [-0.2, 0) is 11.1 Å². The summed E-state index contributed by atoms with van der Waals surface area (Å²) >= 11 is -1.83. The highest BCUT2D eigenvalue weighted by Gasteiger charge is 1.93. The Morgan fingerprint density at radius 2 is 1.53 bits per heavy atom. The number of anilines is 1. The maximum absolute atomic E-state index is 10.3. The Morgan fingerprint density at radius 3 is 1.88 bits per heavy atom. The van der Waals surface area contributed by atoms with E-state index in [4.69, 9.17) is 10.3 Å². The van der Waals surface area contributed by atoms with Crippen molar-refractivity contribution in [2.75, 3.05) is 5.73 Å². The molecule has 1 unspecified atom stereocenters. The molecule has 0 radical (unpaired) electrons. The minimum absolute atomic E-state index is 0.442. The van der Waals surface area contributed by atoms with Crippen molar-refractivity contribution in [3.63, 3.8) is 0 Å². The van der Waals surface area contributed by atoms with Crippen molar-refractivity contribution < 1.29 is 8.76 Å². The van der Waals surface area contributed by atoms with Gasteiger partial charge in [-0.05, 0) is 31.2 Å². The van der Waals surface area contributed by atoms with Gasteiger partial charge in [0, 0.05) is 5.69 Å². The Bertz CT molecular complexity index is 448. The molecule has 0 aliphatic carbocycles. The fourth-order valence-corrected chi connectivity index (χ4v) is 1.49. The molecule has 0 saturated carbocycles. The van der Waals surface area contributed by atoms with E-state index < -0.39 is 11.1 Å². The molecule has 0 aromatic heterocycles. The second-order valence-electron chi connectivity index (χ2n) is 3.47. The molecule has 0 fully saturated rings. The van der Waals surface area contributed by atoms with Gasteiger partial charge in [-0.25, -0.2) is 4.21 Å². The van der Waals surface area contributed by atoms with E-state index in [1.807, 2.05) is 31.2 Å². The Kier molecular flexibility index (Phi) is 5.39. The number of hydrogen-bond donors (Lipinski definition) is 2. The van der Waals surface area contributed by atoms with Crippen LogP contribution in [0.3, 0.4) is 0 Å². The van der Waals surface area contributed by atoms with Gasteiger partial charge in [-0.2, -0.15) is 0 Å². The molecule has 0 aliphatic rings. The molecule has 0 saturated heterocycles. The van der Waals surface area contributed by atoms with Crippen LogP contribution in [0.15, 0.2) is 59.5 Å². The maximum atomic E-state index is 10.3. The van der Waals surface area contributed by atoms with Gasteiger partial charge in [-0.1, -0.05) is 35.9 Å². The van der Waals surface area contributed by atoms with Crippen LogP contribution >= 0.6 is 0 Å². The van der Waals surface area contributed by atoms with E-state index in [9.17, 15) is 4.21 Å². The Morgan fingerprint density at radius 1 is 1.00 bits per heavy atom. The van der Waals surface area contributed by atoms with Gasteiger partial charge in [-0.3, -0.25) is 0 Å². The van der Waals surface area contributed by atoms with Crippen molar-refractivity contribution in [2.24, 2.45) is 0 Å². The van der Waals surface area contributed by atoms with Gasteiger partial charge in [-0.15, -0.1) is 0 Å². The van der Waals surface area contributed by atoms with Crippen molar-refractivity contribution in [2.45, 2.75) is 11.8 Å². The van der Waals surface area contributed by atoms with E-state index in [0.717, 1.165) is 5.69 Å². The Balaban J connectivity index is 0.000000171. The summed E-state index contributed by atoms with van der Waals surface area (Å²) in [6, 6.07) is 16.3. The first-order valence-electron chi connectivity index (χ1n) is 5.07. The molecule has 0 heterocycles. The average Bonchev–Trinajstić information content (AvgIpc) is 2.35. The van der Waals surface area contributed by atoms with Crippen LogP contribution < -0.4 is 5.73 Å². The number of rotatable bonds is 1. The molecule has 17 heavy (non-hydrogen) atoms. The maximum Gasteiger partial charge on any atom is 0.186 e. The molecule has 0 bridgehead atoms. The minimum Gasteiger partial charge on any atom is -0.399 e. The van der Waals surface area contributed by atoms with Crippen LogP contribution in [0.2, 0.25) is 0 Å². The zero-order chi connectivity index (χ0) is 12.7. The van der Waals surface area contributed by atoms with E-state index in [2.05, 4.69) is 0 Å². The Hall–Kier alpha value is -1.65. The second kappa shape index (κ2) is 6.83. The van der Waals surface area contributed by atoms with Gasteiger partial charge in [0.05, 0.1) is 4.90 Å². The first-order chi connectivity index (χ1) is 8.09. The van der Waals surface area contributed by atoms with Crippen LogP contribution in [0.25, 0.3) is 0 Å². The number of nitrogen functional groups attached to an aromatic ring is 1. The molecule has 2 aromatic carbocycles. The number of aryl methyl sites for hydroxylation is 1. The van der Waals surface area contributed by atoms with E-state index in [0.29, 0.717) is 4.90 Å². The number of benzene rings is 2. The average molecular weight is 249 g/mol. The highest BCUT2D eigenvalue weighted by molar-refractivity contribution is 7.79. The van der Waals surface area contributed by atoms with Gasteiger partial charge < -0.3 is 10.3 Å². The monoisotopic (exact) mass is 249 g/mol. The molecule has 3 nitrogen and oxygen atoms in total. The fraction of sp³-hybridized carbons (Fsp3) is 0.0769. The summed E-state index contributed by atoms with van der Waals surface area (Å²) in [6.45, 7) is 2.04. The summed E-state index contributed by atoms with van der Waals surface area (Å²) in [7, 11) is 0. The van der Waals surface area contributed by atoms with E-state index in [-0.39, 0.29) is 0 Å². The van der Waals surface area contributed by atoms with Gasteiger partial charge in [0.25, 0.3) is 0 Å². The lowest BCUT2D eigenvalue weighted by atomic mass is 10.2. The molecule has 0 amide bonds. The van der Waals surface area contributed by atoms with E-state index in [1.54, 1.807) is 30.3 Å². The second-order valence-corrected chi connectivity index (χ2v) is 4.44. The van der Waals surface area contributed by atoms with Crippen LogP contribution in [0.4, 0.5) is 5.69 Å². The molecule has 4 heteroatoms. The predicted octanol–water partition coefficient (Wildman–Crippen LogP) is 2.84. The van der Waals surface area contributed by atoms with E-state index >= 15 is 0 Å². The van der Waals surface area contributed by atoms with E-state index in [1.165, 1.54) is 5.56 Å². The quantitative estimate of drug-likeness (QED) is 0.603. The summed E-state index contributed by atoms with van der Waals surface area (Å²) in [5, 5.41) is 0. The third-order valence-electron chi connectivity index (χ3n) is 2.02. The SMILES string of the molecule is Cc1ccc(N)cc1.O=S(O)c1ccccc1. The van der Waals surface area contributed by atoms with Crippen molar-refractivity contribution in [3.05, 3.63) is 60.2 Å². The topological polar surface area (TPSA) is 63.3 Å². The lowest BCUT2D eigenvalue weighted by molar-refractivity contribution is 0.564. The lowest BCUT2D eigenvalue weighted by Crippen LogP contribution is -1.84.